The summed E-state index contributed by atoms with van der Waals surface area (Å²) < 4.78 is 13.5. The highest BCUT2D eigenvalue weighted by molar-refractivity contribution is 5.58. The summed E-state index contributed by atoms with van der Waals surface area (Å²) in [6, 6.07) is 17.0. The third-order valence-corrected chi connectivity index (χ3v) is 5.39. The number of hydrogen-bond donors (Lipinski definition) is 1. The van der Waals surface area contributed by atoms with Crippen molar-refractivity contribution >= 4 is 5.95 Å². The van der Waals surface area contributed by atoms with Gasteiger partial charge in [-0.1, -0.05) is 42.5 Å². The van der Waals surface area contributed by atoms with Gasteiger partial charge in [-0.25, -0.2) is 9.37 Å². The minimum atomic E-state index is -0.284. The normalized spacial score (nSPS) is 17.2. The van der Waals surface area contributed by atoms with Crippen molar-refractivity contribution in [2.45, 2.75) is 19.3 Å². The topological polar surface area (TPSA) is 53.9 Å². The molecule has 0 aliphatic carbocycles. The van der Waals surface area contributed by atoms with Crippen LogP contribution in [0.4, 0.5) is 10.3 Å². The SMILES string of the molecule is Fc1cccc(-c2cnnc(NCC3CCCN(CCc4ccccc4)C3)n2)c1. The molecule has 0 bridgehead atoms. The molecule has 6 heteroatoms. The van der Waals surface area contributed by atoms with Gasteiger partial charge in [-0.05, 0) is 49.4 Å². The highest BCUT2D eigenvalue weighted by atomic mass is 19.1. The van der Waals surface area contributed by atoms with Crippen LogP contribution in [0.1, 0.15) is 18.4 Å². The summed E-state index contributed by atoms with van der Waals surface area (Å²) in [7, 11) is 0. The maximum atomic E-state index is 13.5. The van der Waals surface area contributed by atoms with Crippen LogP contribution in [0, 0.1) is 11.7 Å². The van der Waals surface area contributed by atoms with E-state index in [1.165, 1.54) is 30.5 Å². The van der Waals surface area contributed by atoms with E-state index in [1.807, 2.05) is 6.07 Å². The largest absolute Gasteiger partial charge is 0.353 e. The number of hydrogen-bond acceptors (Lipinski definition) is 5. The first kappa shape index (κ1) is 19.5. The first-order valence-electron chi connectivity index (χ1n) is 10.2. The molecule has 1 unspecified atom stereocenters. The maximum absolute atomic E-state index is 13.5. The number of aromatic nitrogens is 3. The molecule has 2 aromatic carbocycles. The van der Waals surface area contributed by atoms with E-state index in [9.17, 15) is 4.39 Å². The maximum Gasteiger partial charge on any atom is 0.243 e. The molecule has 0 radical (unpaired) electrons. The Labute approximate surface area is 171 Å². The van der Waals surface area contributed by atoms with E-state index in [4.69, 9.17) is 0 Å². The first-order chi connectivity index (χ1) is 14.3. The number of nitrogens with one attached hydrogen (secondary N) is 1. The van der Waals surface area contributed by atoms with Gasteiger partial charge >= 0.3 is 0 Å². The summed E-state index contributed by atoms with van der Waals surface area (Å²) in [5.41, 5.74) is 2.71. The van der Waals surface area contributed by atoms with Crippen molar-refractivity contribution < 1.29 is 4.39 Å². The molecule has 5 nitrogen and oxygen atoms in total. The zero-order chi connectivity index (χ0) is 19.9. The third-order valence-electron chi connectivity index (χ3n) is 5.39. The zero-order valence-electron chi connectivity index (χ0n) is 16.5. The van der Waals surface area contributed by atoms with Crippen LogP contribution >= 0.6 is 0 Å². The molecule has 1 atom stereocenters. The van der Waals surface area contributed by atoms with Crippen LogP contribution in [0.25, 0.3) is 11.3 Å². The van der Waals surface area contributed by atoms with Crippen molar-refractivity contribution in [3.63, 3.8) is 0 Å². The third kappa shape index (κ3) is 5.57. The van der Waals surface area contributed by atoms with Gasteiger partial charge in [0.2, 0.25) is 5.95 Å². The summed E-state index contributed by atoms with van der Waals surface area (Å²) in [6.45, 7) is 4.15. The molecule has 1 aliphatic rings. The fraction of sp³-hybridized carbons (Fsp3) is 0.348. The predicted molar refractivity (Wildman–Crippen MR) is 113 cm³/mol. The number of halogens is 1. The lowest BCUT2D eigenvalue weighted by Gasteiger charge is -2.32. The molecule has 1 N–H and O–H groups in total. The number of likely N-dealkylation sites (tertiary alicyclic amines) is 1. The summed E-state index contributed by atoms with van der Waals surface area (Å²) >= 11 is 0. The second-order valence-corrected chi connectivity index (χ2v) is 7.60. The number of anilines is 1. The van der Waals surface area contributed by atoms with E-state index in [0.717, 1.165) is 32.6 Å². The Kier molecular flexibility index (Phi) is 6.42. The lowest BCUT2D eigenvalue weighted by molar-refractivity contribution is 0.182. The molecule has 1 fully saturated rings. The highest BCUT2D eigenvalue weighted by Crippen LogP contribution is 2.19. The van der Waals surface area contributed by atoms with E-state index in [-0.39, 0.29) is 5.82 Å². The number of rotatable bonds is 7. The average Bonchev–Trinajstić information content (AvgIpc) is 2.78. The predicted octanol–water partition coefficient (Wildman–Crippen LogP) is 4.04. The van der Waals surface area contributed by atoms with Crippen LogP contribution in [-0.4, -0.2) is 46.3 Å². The Balaban J connectivity index is 1.30. The highest BCUT2D eigenvalue weighted by Gasteiger charge is 2.20. The molecule has 0 saturated carbocycles. The van der Waals surface area contributed by atoms with Gasteiger partial charge in [0.05, 0.1) is 11.9 Å². The lowest BCUT2D eigenvalue weighted by Crippen LogP contribution is -2.39. The number of piperidine rings is 1. The van der Waals surface area contributed by atoms with Crippen molar-refractivity contribution in [2.24, 2.45) is 5.92 Å². The molecular weight excluding hydrogens is 365 g/mol. The smallest absolute Gasteiger partial charge is 0.243 e. The van der Waals surface area contributed by atoms with E-state index < -0.39 is 0 Å². The molecule has 3 aromatic rings. The molecule has 1 aliphatic heterocycles. The molecule has 29 heavy (non-hydrogen) atoms. The lowest BCUT2D eigenvalue weighted by atomic mass is 9.97. The average molecular weight is 391 g/mol. The van der Waals surface area contributed by atoms with Crippen LogP contribution in [0.15, 0.2) is 60.8 Å². The molecular formula is C23H26FN5. The van der Waals surface area contributed by atoms with Crippen molar-refractivity contribution in [3.05, 3.63) is 72.2 Å². The van der Waals surface area contributed by atoms with Crippen LogP contribution in [-0.2, 0) is 6.42 Å². The molecule has 150 valence electrons. The standard InChI is InChI=1S/C23H26FN5/c24-21-10-4-9-20(14-21)22-16-26-28-23(27-22)25-15-19-8-5-12-29(17-19)13-11-18-6-2-1-3-7-18/h1-4,6-7,9-10,14,16,19H,5,8,11-13,15,17H2,(H,25,27,28). The van der Waals surface area contributed by atoms with E-state index in [1.54, 1.807) is 12.3 Å². The Bertz CT molecular complexity index is 918. The van der Waals surface area contributed by atoms with Crippen molar-refractivity contribution in [1.82, 2.24) is 20.1 Å². The van der Waals surface area contributed by atoms with Crippen LogP contribution < -0.4 is 5.32 Å². The molecule has 0 spiro atoms. The Morgan fingerprint density at radius 2 is 2.00 bits per heavy atom. The fourth-order valence-corrected chi connectivity index (χ4v) is 3.85. The summed E-state index contributed by atoms with van der Waals surface area (Å²) in [5.74, 6) is 0.766. The van der Waals surface area contributed by atoms with Gasteiger partial charge in [0.15, 0.2) is 0 Å². The van der Waals surface area contributed by atoms with Gasteiger partial charge in [0.25, 0.3) is 0 Å². The van der Waals surface area contributed by atoms with Crippen LogP contribution in [0.2, 0.25) is 0 Å². The Hall–Kier alpha value is -2.86. The minimum absolute atomic E-state index is 0.284. The molecule has 2 heterocycles. The second-order valence-electron chi connectivity index (χ2n) is 7.60. The van der Waals surface area contributed by atoms with Gasteiger partial charge in [0.1, 0.15) is 5.82 Å². The van der Waals surface area contributed by atoms with Gasteiger partial charge in [-0.2, -0.15) is 5.10 Å². The summed E-state index contributed by atoms with van der Waals surface area (Å²) in [5, 5.41) is 11.4. The quantitative estimate of drug-likeness (QED) is 0.659. The molecule has 1 saturated heterocycles. The van der Waals surface area contributed by atoms with Gasteiger partial charge in [-0.15, -0.1) is 5.10 Å². The monoisotopic (exact) mass is 391 g/mol. The minimum Gasteiger partial charge on any atom is -0.353 e. The van der Waals surface area contributed by atoms with E-state index >= 15 is 0 Å². The molecule has 1 aromatic heterocycles. The van der Waals surface area contributed by atoms with Crippen molar-refractivity contribution in [2.75, 3.05) is 31.5 Å². The zero-order valence-corrected chi connectivity index (χ0v) is 16.5. The van der Waals surface area contributed by atoms with Gasteiger partial charge in [0, 0.05) is 25.2 Å². The number of nitrogens with zero attached hydrogens (tertiary/aromatic N) is 4. The van der Waals surface area contributed by atoms with E-state index in [0.29, 0.717) is 23.1 Å². The number of benzene rings is 2. The van der Waals surface area contributed by atoms with E-state index in [2.05, 4.69) is 55.7 Å². The molecule has 0 amide bonds. The first-order valence-corrected chi connectivity index (χ1v) is 10.2. The van der Waals surface area contributed by atoms with Crippen molar-refractivity contribution in [1.29, 1.82) is 0 Å². The second kappa shape index (κ2) is 9.56. The fourth-order valence-electron chi connectivity index (χ4n) is 3.85. The van der Waals surface area contributed by atoms with Gasteiger partial charge in [-0.3, -0.25) is 0 Å². The Morgan fingerprint density at radius 3 is 2.86 bits per heavy atom. The van der Waals surface area contributed by atoms with Gasteiger partial charge < -0.3 is 10.2 Å². The summed E-state index contributed by atoms with van der Waals surface area (Å²) in [4.78, 5) is 7.05. The van der Waals surface area contributed by atoms with Crippen LogP contribution in [0.3, 0.4) is 0 Å². The summed E-state index contributed by atoms with van der Waals surface area (Å²) in [6.07, 6.45) is 5.06. The Morgan fingerprint density at radius 1 is 1.10 bits per heavy atom. The van der Waals surface area contributed by atoms with Crippen LogP contribution in [0.5, 0.6) is 0 Å². The van der Waals surface area contributed by atoms with Crippen molar-refractivity contribution in [3.8, 4) is 11.3 Å². The molecule has 4 rings (SSSR count).